The van der Waals surface area contributed by atoms with Crippen LogP contribution < -0.4 is 14.4 Å². The first kappa shape index (κ1) is 19.9. The lowest BCUT2D eigenvalue weighted by atomic mass is 10.1. The molecule has 0 saturated carbocycles. The lowest BCUT2D eigenvalue weighted by Gasteiger charge is -2.36. The van der Waals surface area contributed by atoms with Gasteiger partial charge in [-0.1, -0.05) is 0 Å². The van der Waals surface area contributed by atoms with E-state index in [0.717, 1.165) is 5.69 Å². The van der Waals surface area contributed by atoms with Crippen LogP contribution in [0.5, 0.6) is 11.5 Å². The highest BCUT2D eigenvalue weighted by molar-refractivity contribution is 9.10. The predicted octanol–water partition coefficient (Wildman–Crippen LogP) is 3.34. The van der Waals surface area contributed by atoms with Crippen molar-refractivity contribution in [3.05, 3.63) is 56.5 Å². The van der Waals surface area contributed by atoms with Gasteiger partial charge in [0.15, 0.2) is 0 Å². The summed E-state index contributed by atoms with van der Waals surface area (Å²) in [5.74, 6) is 0.979. The van der Waals surface area contributed by atoms with Crippen LogP contribution in [-0.4, -0.2) is 56.1 Å². The average Bonchev–Trinajstić information content (AvgIpc) is 2.73. The number of nitro groups is 1. The van der Waals surface area contributed by atoms with E-state index in [0.29, 0.717) is 47.7 Å². The van der Waals surface area contributed by atoms with Crippen LogP contribution in [-0.2, 0) is 0 Å². The normalized spacial score (nSPS) is 14.0. The van der Waals surface area contributed by atoms with Crippen molar-refractivity contribution in [2.24, 2.45) is 0 Å². The highest BCUT2D eigenvalue weighted by atomic mass is 79.9. The van der Waals surface area contributed by atoms with E-state index >= 15 is 0 Å². The Morgan fingerprint density at radius 1 is 1.04 bits per heavy atom. The summed E-state index contributed by atoms with van der Waals surface area (Å²) >= 11 is 3.40. The van der Waals surface area contributed by atoms with Crippen molar-refractivity contribution in [3.8, 4) is 11.5 Å². The number of non-ortho nitro benzene ring substituents is 1. The maximum atomic E-state index is 12.9. The standard InChI is InChI=1S/C19H20BrN3O5/c1-27-16-11-13(12-17(28-2)18(16)20)19(24)22-9-7-21(8-10-22)14-3-5-15(6-4-14)23(25)26/h3-6,11-12H,7-10H2,1-2H3. The number of nitro benzene ring substituents is 1. The van der Waals surface area contributed by atoms with E-state index in [4.69, 9.17) is 9.47 Å². The van der Waals surface area contributed by atoms with Crippen molar-refractivity contribution in [2.45, 2.75) is 0 Å². The Morgan fingerprint density at radius 3 is 2.04 bits per heavy atom. The molecule has 0 unspecified atom stereocenters. The Labute approximate surface area is 170 Å². The fraction of sp³-hybridized carbons (Fsp3) is 0.316. The number of amides is 1. The Bertz CT molecular complexity index is 855. The third-order valence-electron chi connectivity index (χ3n) is 4.69. The molecular weight excluding hydrogens is 430 g/mol. The fourth-order valence-electron chi connectivity index (χ4n) is 3.13. The van der Waals surface area contributed by atoms with Gasteiger partial charge in [-0.3, -0.25) is 14.9 Å². The van der Waals surface area contributed by atoms with Gasteiger partial charge in [-0.05, 0) is 40.2 Å². The Hall–Kier alpha value is -2.81. The molecule has 2 aromatic rings. The maximum absolute atomic E-state index is 12.9. The summed E-state index contributed by atoms with van der Waals surface area (Å²) in [6, 6.07) is 9.84. The summed E-state index contributed by atoms with van der Waals surface area (Å²) < 4.78 is 11.3. The summed E-state index contributed by atoms with van der Waals surface area (Å²) in [5.41, 5.74) is 1.47. The number of anilines is 1. The van der Waals surface area contributed by atoms with E-state index in [2.05, 4.69) is 20.8 Å². The topological polar surface area (TPSA) is 85.2 Å². The van der Waals surface area contributed by atoms with Gasteiger partial charge >= 0.3 is 0 Å². The molecule has 1 fully saturated rings. The van der Waals surface area contributed by atoms with E-state index in [1.54, 1.807) is 29.2 Å². The second-order valence-electron chi connectivity index (χ2n) is 6.25. The first-order valence-electron chi connectivity index (χ1n) is 8.64. The third-order valence-corrected chi connectivity index (χ3v) is 5.47. The van der Waals surface area contributed by atoms with Crippen molar-refractivity contribution in [1.29, 1.82) is 0 Å². The van der Waals surface area contributed by atoms with E-state index in [1.165, 1.54) is 26.4 Å². The van der Waals surface area contributed by atoms with Crippen molar-refractivity contribution >= 4 is 33.2 Å². The number of piperazine rings is 1. The molecule has 3 rings (SSSR count). The molecule has 148 valence electrons. The molecule has 0 aliphatic carbocycles. The zero-order valence-corrected chi connectivity index (χ0v) is 17.1. The number of rotatable bonds is 5. The van der Waals surface area contributed by atoms with Gasteiger partial charge < -0.3 is 19.3 Å². The van der Waals surface area contributed by atoms with Gasteiger partial charge in [0.2, 0.25) is 0 Å². The van der Waals surface area contributed by atoms with Crippen molar-refractivity contribution in [3.63, 3.8) is 0 Å². The van der Waals surface area contributed by atoms with Crippen LogP contribution in [0.2, 0.25) is 0 Å². The summed E-state index contributed by atoms with van der Waals surface area (Å²) in [6.45, 7) is 2.40. The van der Waals surface area contributed by atoms with E-state index in [-0.39, 0.29) is 11.6 Å². The predicted molar refractivity (Wildman–Crippen MR) is 108 cm³/mol. The minimum absolute atomic E-state index is 0.0655. The van der Waals surface area contributed by atoms with Gasteiger partial charge in [0.1, 0.15) is 16.0 Å². The summed E-state index contributed by atoms with van der Waals surface area (Å²) in [6.07, 6.45) is 0. The Morgan fingerprint density at radius 2 is 1.57 bits per heavy atom. The zero-order valence-electron chi connectivity index (χ0n) is 15.6. The molecule has 1 heterocycles. The molecule has 0 N–H and O–H groups in total. The molecule has 1 aliphatic heterocycles. The molecular formula is C19H20BrN3O5. The summed E-state index contributed by atoms with van der Waals surface area (Å²) in [5, 5.41) is 10.8. The van der Waals surface area contributed by atoms with Crippen LogP contribution in [0.3, 0.4) is 0 Å². The zero-order chi connectivity index (χ0) is 20.3. The minimum Gasteiger partial charge on any atom is -0.495 e. The van der Waals surface area contributed by atoms with Gasteiger partial charge in [-0.15, -0.1) is 0 Å². The van der Waals surface area contributed by atoms with Gasteiger partial charge in [0, 0.05) is 49.6 Å². The van der Waals surface area contributed by atoms with Crippen molar-refractivity contribution in [2.75, 3.05) is 45.3 Å². The van der Waals surface area contributed by atoms with E-state index in [1.807, 2.05) is 0 Å². The summed E-state index contributed by atoms with van der Waals surface area (Å²) in [4.78, 5) is 27.2. The smallest absolute Gasteiger partial charge is 0.269 e. The Kier molecular flexibility index (Phi) is 6.03. The number of carbonyl (C=O) groups excluding carboxylic acids is 1. The maximum Gasteiger partial charge on any atom is 0.269 e. The second kappa shape index (κ2) is 8.47. The van der Waals surface area contributed by atoms with E-state index < -0.39 is 4.92 Å². The monoisotopic (exact) mass is 449 g/mol. The average molecular weight is 450 g/mol. The number of hydrogen-bond acceptors (Lipinski definition) is 6. The lowest BCUT2D eigenvalue weighted by Crippen LogP contribution is -2.48. The van der Waals surface area contributed by atoms with Gasteiger partial charge in [-0.25, -0.2) is 0 Å². The van der Waals surface area contributed by atoms with Crippen LogP contribution in [0.25, 0.3) is 0 Å². The molecule has 28 heavy (non-hydrogen) atoms. The number of halogens is 1. The highest BCUT2D eigenvalue weighted by Gasteiger charge is 2.24. The number of ether oxygens (including phenoxy) is 2. The molecule has 8 nitrogen and oxygen atoms in total. The molecule has 9 heteroatoms. The number of methoxy groups -OCH3 is 2. The second-order valence-corrected chi connectivity index (χ2v) is 7.04. The van der Waals surface area contributed by atoms with Crippen molar-refractivity contribution in [1.82, 2.24) is 4.90 Å². The highest BCUT2D eigenvalue weighted by Crippen LogP contribution is 2.36. The largest absolute Gasteiger partial charge is 0.495 e. The SMILES string of the molecule is COc1cc(C(=O)N2CCN(c3ccc([N+](=O)[O-])cc3)CC2)cc(OC)c1Br. The number of benzene rings is 2. The number of hydrogen-bond donors (Lipinski definition) is 0. The van der Waals surface area contributed by atoms with Crippen LogP contribution >= 0.6 is 15.9 Å². The molecule has 2 aromatic carbocycles. The molecule has 0 aromatic heterocycles. The van der Waals surface area contributed by atoms with Crippen molar-refractivity contribution < 1.29 is 19.2 Å². The molecule has 0 atom stereocenters. The molecule has 1 saturated heterocycles. The first-order valence-corrected chi connectivity index (χ1v) is 9.44. The Balaban J connectivity index is 1.69. The van der Waals surface area contributed by atoms with E-state index in [9.17, 15) is 14.9 Å². The van der Waals surface area contributed by atoms with Gasteiger partial charge in [0.05, 0.1) is 19.1 Å². The molecule has 0 spiro atoms. The van der Waals surface area contributed by atoms with Gasteiger partial charge in [0.25, 0.3) is 11.6 Å². The first-order chi connectivity index (χ1) is 13.4. The molecule has 0 radical (unpaired) electrons. The quantitative estimate of drug-likeness (QED) is 0.513. The van der Waals surface area contributed by atoms with Crippen LogP contribution in [0.15, 0.2) is 40.9 Å². The number of carbonyl (C=O) groups is 1. The molecule has 1 aliphatic rings. The van der Waals surface area contributed by atoms with Gasteiger partial charge in [-0.2, -0.15) is 0 Å². The lowest BCUT2D eigenvalue weighted by molar-refractivity contribution is -0.384. The molecule has 0 bridgehead atoms. The van der Waals surface area contributed by atoms with Crippen LogP contribution in [0.4, 0.5) is 11.4 Å². The summed E-state index contributed by atoms with van der Waals surface area (Å²) in [7, 11) is 3.08. The van der Waals surface area contributed by atoms with Crippen LogP contribution in [0, 0.1) is 10.1 Å². The third kappa shape index (κ3) is 4.04. The number of nitrogens with zero attached hydrogens (tertiary/aromatic N) is 3. The van der Waals surface area contributed by atoms with Crippen LogP contribution in [0.1, 0.15) is 10.4 Å². The minimum atomic E-state index is -0.416. The fourth-order valence-corrected chi connectivity index (χ4v) is 3.68. The molecule has 1 amide bonds.